The molecule has 5 rings (SSSR count). The summed E-state index contributed by atoms with van der Waals surface area (Å²) in [5.41, 5.74) is 8.51. The van der Waals surface area contributed by atoms with E-state index in [-0.39, 0.29) is 42.4 Å². The van der Waals surface area contributed by atoms with E-state index >= 15 is 0 Å². The largest absolute Gasteiger partial charge is 0.416 e. The molecule has 0 saturated carbocycles. The van der Waals surface area contributed by atoms with E-state index in [1.165, 1.54) is 18.0 Å². The zero-order chi connectivity index (χ0) is 23.5. The van der Waals surface area contributed by atoms with Crippen LogP contribution in [0.4, 0.5) is 19.0 Å². The zero-order valence-electron chi connectivity index (χ0n) is 17.4. The zero-order valence-corrected chi connectivity index (χ0v) is 17.4. The number of nitriles is 1. The number of aromatic amines is 1. The Morgan fingerprint density at radius 2 is 2.03 bits per heavy atom. The highest BCUT2D eigenvalue weighted by Gasteiger charge is 2.35. The Balaban J connectivity index is 1.55. The standard InChI is InChI=1S/C22H18F3N5O3/c1-30(16-9-32-6-10-4-11(22(23,24)25)2-3-12(10)16)21(31)19-13(5-26)17-18(28-19)14-7-33-8-15(14)20(27)29-17/h2-4,16,28H,6-9H2,1H3,(H2,27,29)/t16-/m1/s1. The van der Waals surface area contributed by atoms with Crippen molar-refractivity contribution in [2.75, 3.05) is 19.4 Å². The average Bonchev–Trinajstić information content (AvgIpc) is 3.42. The number of fused-ring (bicyclic) bond motifs is 4. The lowest BCUT2D eigenvalue weighted by Crippen LogP contribution is -2.37. The summed E-state index contributed by atoms with van der Waals surface area (Å²) >= 11 is 0. The number of ether oxygens (including phenoxy) is 2. The molecule has 3 N–H and O–H groups in total. The summed E-state index contributed by atoms with van der Waals surface area (Å²) < 4.78 is 50.3. The fourth-order valence-electron chi connectivity index (χ4n) is 4.40. The van der Waals surface area contributed by atoms with Crippen LogP contribution < -0.4 is 5.73 Å². The number of rotatable bonds is 2. The van der Waals surface area contributed by atoms with Gasteiger partial charge in [0.25, 0.3) is 5.91 Å². The second kappa shape index (κ2) is 7.47. The fraction of sp³-hybridized carbons (Fsp3) is 0.318. The number of nitrogens with one attached hydrogen (secondary N) is 1. The summed E-state index contributed by atoms with van der Waals surface area (Å²) in [7, 11) is 1.52. The third kappa shape index (κ3) is 3.30. The Morgan fingerprint density at radius 1 is 1.27 bits per heavy atom. The molecule has 1 atom stereocenters. The molecular weight excluding hydrogens is 439 g/mol. The van der Waals surface area contributed by atoms with Crippen molar-refractivity contribution in [2.24, 2.45) is 0 Å². The lowest BCUT2D eigenvalue weighted by Gasteiger charge is -2.33. The van der Waals surface area contributed by atoms with E-state index in [1.54, 1.807) is 0 Å². The lowest BCUT2D eigenvalue weighted by atomic mass is 9.95. The number of anilines is 1. The summed E-state index contributed by atoms with van der Waals surface area (Å²) in [4.78, 5) is 22.1. The van der Waals surface area contributed by atoms with Gasteiger partial charge in [-0.2, -0.15) is 18.4 Å². The summed E-state index contributed by atoms with van der Waals surface area (Å²) in [5.74, 6) is -0.273. The smallest absolute Gasteiger partial charge is 0.383 e. The number of H-pyrrole nitrogens is 1. The Hall–Kier alpha value is -3.62. The van der Waals surface area contributed by atoms with Gasteiger partial charge >= 0.3 is 6.18 Å². The van der Waals surface area contributed by atoms with Crippen LogP contribution in [-0.4, -0.2) is 34.4 Å². The van der Waals surface area contributed by atoms with Gasteiger partial charge < -0.3 is 25.1 Å². The number of hydrogen-bond donors (Lipinski definition) is 2. The first kappa shape index (κ1) is 21.2. The van der Waals surface area contributed by atoms with E-state index in [4.69, 9.17) is 15.2 Å². The van der Waals surface area contributed by atoms with Crippen molar-refractivity contribution in [2.45, 2.75) is 32.0 Å². The maximum absolute atomic E-state index is 13.4. The predicted molar refractivity (Wildman–Crippen MR) is 110 cm³/mol. The van der Waals surface area contributed by atoms with Crippen molar-refractivity contribution >= 4 is 22.8 Å². The van der Waals surface area contributed by atoms with Gasteiger partial charge in [0.15, 0.2) is 0 Å². The van der Waals surface area contributed by atoms with Gasteiger partial charge in [0.1, 0.15) is 28.7 Å². The number of amides is 1. The van der Waals surface area contributed by atoms with Crippen LogP contribution in [0.15, 0.2) is 18.2 Å². The number of carbonyl (C=O) groups excluding carboxylic acids is 1. The molecule has 0 unspecified atom stereocenters. The van der Waals surface area contributed by atoms with Crippen LogP contribution in [0.25, 0.3) is 11.0 Å². The topological polar surface area (TPSA) is 117 Å². The summed E-state index contributed by atoms with van der Waals surface area (Å²) in [6.07, 6.45) is -4.48. The van der Waals surface area contributed by atoms with E-state index in [9.17, 15) is 23.2 Å². The van der Waals surface area contributed by atoms with Crippen LogP contribution >= 0.6 is 0 Å². The van der Waals surface area contributed by atoms with Gasteiger partial charge in [-0.25, -0.2) is 4.98 Å². The quantitative estimate of drug-likeness (QED) is 0.609. The molecule has 1 amide bonds. The number of halogens is 3. The first-order valence-corrected chi connectivity index (χ1v) is 10.1. The minimum atomic E-state index is -4.48. The van der Waals surface area contributed by atoms with Gasteiger partial charge in [-0.3, -0.25) is 4.79 Å². The Bertz CT molecular complexity index is 1340. The molecule has 4 heterocycles. The van der Waals surface area contributed by atoms with Gasteiger partial charge in [0.2, 0.25) is 0 Å². The number of nitrogen functional groups attached to an aromatic ring is 1. The summed E-state index contributed by atoms with van der Waals surface area (Å²) in [5, 5.41) is 9.77. The number of benzene rings is 1. The third-order valence-corrected chi connectivity index (χ3v) is 6.15. The third-order valence-electron chi connectivity index (χ3n) is 6.15. The Labute approximate surface area is 185 Å². The number of nitrogens with two attached hydrogens (primary N) is 1. The van der Waals surface area contributed by atoms with Gasteiger partial charge in [0.05, 0.1) is 43.5 Å². The summed E-state index contributed by atoms with van der Waals surface area (Å²) in [6.45, 7) is 0.698. The molecule has 33 heavy (non-hydrogen) atoms. The molecule has 0 spiro atoms. The van der Waals surface area contributed by atoms with Crippen molar-refractivity contribution in [1.82, 2.24) is 14.9 Å². The Kier molecular flexibility index (Phi) is 4.81. The minimum absolute atomic E-state index is 0.0168. The monoisotopic (exact) mass is 457 g/mol. The normalized spacial score (nSPS) is 17.5. The molecule has 3 aromatic rings. The van der Waals surface area contributed by atoms with Crippen molar-refractivity contribution in [1.29, 1.82) is 5.26 Å². The number of carbonyl (C=O) groups is 1. The van der Waals surface area contributed by atoms with Crippen molar-refractivity contribution in [3.63, 3.8) is 0 Å². The van der Waals surface area contributed by atoms with E-state index in [2.05, 4.69) is 9.97 Å². The lowest BCUT2D eigenvalue weighted by molar-refractivity contribution is -0.137. The highest BCUT2D eigenvalue weighted by atomic mass is 19.4. The highest BCUT2D eigenvalue weighted by molar-refractivity contribution is 6.03. The van der Waals surface area contributed by atoms with Crippen molar-refractivity contribution in [3.05, 3.63) is 57.3 Å². The molecule has 11 heteroatoms. The molecule has 170 valence electrons. The fourth-order valence-corrected chi connectivity index (χ4v) is 4.40. The van der Waals surface area contributed by atoms with Crippen LogP contribution in [0.2, 0.25) is 0 Å². The van der Waals surface area contributed by atoms with Gasteiger partial charge in [-0.15, -0.1) is 0 Å². The number of hydrogen-bond acceptors (Lipinski definition) is 6. The average molecular weight is 457 g/mol. The highest BCUT2D eigenvalue weighted by Crippen LogP contribution is 2.37. The van der Waals surface area contributed by atoms with Crippen LogP contribution in [-0.2, 0) is 35.5 Å². The molecule has 0 fully saturated rings. The summed E-state index contributed by atoms with van der Waals surface area (Å²) in [6, 6.07) is 4.80. The first-order chi connectivity index (χ1) is 15.7. The van der Waals surface area contributed by atoms with Gasteiger partial charge in [-0.05, 0) is 23.3 Å². The van der Waals surface area contributed by atoms with Crippen LogP contribution in [0.3, 0.4) is 0 Å². The molecule has 0 aliphatic carbocycles. The predicted octanol–water partition coefficient (Wildman–Crippen LogP) is 3.41. The molecule has 2 aliphatic heterocycles. The van der Waals surface area contributed by atoms with E-state index in [0.29, 0.717) is 23.3 Å². The maximum Gasteiger partial charge on any atom is 0.416 e. The minimum Gasteiger partial charge on any atom is -0.383 e. The van der Waals surface area contributed by atoms with Crippen LogP contribution in [0.1, 0.15) is 49.9 Å². The second-order valence-electron chi connectivity index (χ2n) is 8.02. The van der Waals surface area contributed by atoms with Gasteiger partial charge in [-0.1, -0.05) is 6.07 Å². The number of aromatic nitrogens is 2. The van der Waals surface area contributed by atoms with E-state index in [1.807, 2.05) is 6.07 Å². The van der Waals surface area contributed by atoms with E-state index in [0.717, 1.165) is 23.3 Å². The molecule has 8 nitrogen and oxygen atoms in total. The number of pyridine rings is 1. The second-order valence-corrected chi connectivity index (χ2v) is 8.02. The molecule has 2 aliphatic rings. The van der Waals surface area contributed by atoms with E-state index < -0.39 is 23.7 Å². The molecule has 0 bridgehead atoms. The molecule has 1 aromatic carbocycles. The van der Waals surface area contributed by atoms with Gasteiger partial charge in [0, 0.05) is 18.2 Å². The number of nitrogens with zero attached hydrogens (tertiary/aromatic N) is 3. The SMILES string of the molecule is CN(C(=O)c1[nH]c2c3c(c(N)nc2c1C#N)COC3)[C@@H]1COCc2cc(C(F)(F)F)ccc21. The first-order valence-electron chi connectivity index (χ1n) is 10.1. The van der Waals surface area contributed by atoms with Crippen molar-refractivity contribution in [3.8, 4) is 6.07 Å². The molecule has 0 radical (unpaired) electrons. The molecular formula is C22H18F3N5O3. The number of likely N-dealkylation sites (N-methyl/N-ethyl adjacent to an activating group) is 1. The van der Waals surface area contributed by atoms with Crippen LogP contribution in [0, 0.1) is 11.3 Å². The van der Waals surface area contributed by atoms with Crippen molar-refractivity contribution < 1.29 is 27.4 Å². The Morgan fingerprint density at radius 3 is 2.76 bits per heavy atom. The molecule has 0 saturated heterocycles. The van der Waals surface area contributed by atoms with Crippen LogP contribution in [0.5, 0.6) is 0 Å². The molecule has 2 aromatic heterocycles. The number of alkyl halides is 3. The maximum atomic E-state index is 13.4.